The van der Waals surface area contributed by atoms with Crippen LogP contribution in [0.1, 0.15) is 28.2 Å². The number of β-amino-alcohol motifs (C(OH)–C–C–N with tert-alkyl or cyclic N) is 1. The highest BCUT2D eigenvalue weighted by molar-refractivity contribution is 5.91. The molecule has 1 unspecified atom stereocenters. The van der Waals surface area contributed by atoms with Gasteiger partial charge in [0.1, 0.15) is 12.0 Å². The van der Waals surface area contributed by atoms with Crippen LogP contribution >= 0.6 is 0 Å². The summed E-state index contributed by atoms with van der Waals surface area (Å²) in [5.74, 6) is 0.710. The molecule has 2 aromatic rings. The second-order valence-corrected chi connectivity index (χ2v) is 6.33. The Morgan fingerprint density at radius 1 is 1.28 bits per heavy atom. The number of carbonyl (C=O) groups is 1. The number of aliphatic hydroxyl groups is 1. The second-order valence-electron chi connectivity index (χ2n) is 6.33. The third kappa shape index (κ3) is 3.00. The second kappa shape index (κ2) is 6.28. The van der Waals surface area contributed by atoms with E-state index in [1.54, 1.807) is 4.90 Å². The highest BCUT2D eigenvalue weighted by atomic mass is 16.6. The SMILES string of the molecule is Nc1nc2c(c(N3CCN(C(=O)c4cnon4)CC(O)C3)n1)CCC2. The Balaban J connectivity index is 1.57. The van der Waals surface area contributed by atoms with Crippen molar-refractivity contribution in [3.8, 4) is 0 Å². The van der Waals surface area contributed by atoms with Crippen molar-refractivity contribution in [2.24, 2.45) is 0 Å². The van der Waals surface area contributed by atoms with Crippen LogP contribution in [-0.4, -0.2) is 68.5 Å². The number of aryl methyl sites for hydroxylation is 1. The lowest BCUT2D eigenvalue weighted by Crippen LogP contribution is -2.37. The average molecular weight is 345 g/mol. The van der Waals surface area contributed by atoms with Gasteiger partial charge in [0.15, 0.2) is 5.69 Å². The van der Waals surface area contributed by atoms with Gasteiger partial charge in [0.05, 0.1) is 11.8 Å². The molecule has 3 heterocycles. The summed E-state index contributed by atoms with van der Waals surface area (Å²) in [6.45, 7) is 1.56. The molecule has 1 fully saturated rings. The molecule has 0 spiro atoms. The van der Waals surface area contributed by atoms with Gasteiger partial charge >= 0.3 is 0 Å². The van der Waals surface area contributed by atoms with Crippen molar-refractivity contribution in [2.75, 3.05) is 36.8 Å². The molecule has 10 heteroatoms. The fourth-order valence-corrected chi connectivity index (χ4v) is 3.48. The third-order valence-corrected chi connectivity index (χ3v) is 4.60. The maximum atomic E-state index is 12.4. The molecular weight excluding hydrogens is 326 g/mol. The molecule has 1 aliphatic heterocycles. The molecule has 0 radical (unpaired) electrons. The smallest absolute Gasteiger partial charge is 0.277 e. The first-order chi connectivity index (χ1) is 12.1. The van der Waals surface area contributed by atoms with E-state index < -0.39 is 6.10 Å². The third-order valence-electron chi connectivity index (χ3n) is 4.60. The van der Waals surface area contributed by atoms with Crippen LogP contribution in [0, 0.1) is 0 Å². The standard InChI is InChI=1S/C15H19N7O3/c16-15-18-11-3-1-2-10(11)13(19-15)21-4-5-22(8-9(23)7-21)14(24)12-6-17-25-20-12/h6,9,23H,1-5,7-8H2,(H2,16,18,19). The van der Waals surface area contributed by atoms with Crippen LogP contribution in [0.3, 0.4) is 0 Å². The molecule has 4 rings (SSSR count). The minimum absolute atomic E-state index is 0.132. The number of carbonyl (C=O) groups excluding carboxylic acids is 1. The van der Waals surface area contributed by atoms with Crippen LogP contribution in [0.15, 0.2) is 10.8 Å². The van der Waals surface area contributed by atoms with Crippen molar-refractivity contribution in [1.82, 2.24) is 25.2 Å². The van der Waals surface area contributed by atoms with Crippen molar-refractivity contribution < 1.29 is 14.5 Å². The molecule has 0 saturated carbocycles. The number of nitrogen functional groups attached to an aromatic ring is 1. The maximum absolute atomic E-state index is 12.4. The maximum Gasteiger partial charge on any atom is 0.277 e. The number of amides is 1. The van der Waals surface area contributed by atoms with Crippen molar-refractivity contribution in [2.45, 2.75) is 25.4 Å². The molecule has 25 heavy (non-hydrogen) atoms. The number of aromatic nitrogens is 4. The molecule has 2 aliphatic rings. The predicted molar refractivity (Wildman–Crippen MR) is 86.9 cm³/mol. The van der Waals surface area contributed by atoms with Crippen molar-refractivity contribution >= 4 is 17.7 Å². The number of anilines is 2. The number of fused-ring (bicyclic) bond motifs is 1. The monoisotopic (exact) mass is 345 g/mol. The van der Waals surface area contributed by atoms with Gasteiger partial charge in [0.25, 0.3) is 5.91 Å². The van der Waals surface area contributed by atoms with E-state index in [2.05, 4.69) is 24.9 Å². The normalized spacial score (nSPS) is 20.4. The molecule has 1 amide bonds. The minimum atomic E-state index is -0.709. The summed E-state index contributed by atoms with van der Waals surface area (Å²) in [4.78, 5) is 24.7. The van der Waals surface area contributed by atoms with Gasteiger partial charge in [-0.25, -0.2) is 9.61 Å². The van der Waals surface area contributed by atoms with Gasteiger partial charge in [0.2, 0.25) is 5.95 Å². The lowest BCUT2D eigenvalue weighted by molar-refractivity contribution is 0.0663. The molecule has 1 aliphatic carbocycles. The molecule has 2 aromatic heterocycles. The van der Waals surface area contributed by atoms with Crippen LogP contribution in [-0.2, 0) is 12.8 Å². The number of hydrogen-bond acceptors (Lipinski definition) is 9. The Morgan fingerprint density at radius 2 is 2.16 bits per heavy atom. The summed E-state index contributed by atoms with van der Waals surface area (Å²) < 4.78 is 4.49. The Bertz CT molecular complexity index is 780. The molecule has 0 bridgehead atoms. The molecular formula is C15H19N7O3. The highest BCUT2D eigenvalue weighted by Gasteiger charge is 2.30. The van der Waals surface area contributed by atoms with E-state index in [1.165, 1.54) is 6.20 Å². The van der Waals surface area contributed by atoms with Crippen molar-refractivity contribution in [3.05, 3.63) is 23.1 Å². The first-order valence-corrected chi connectivity index (χ1v) is 8.27. The summed E-state index contributed by atoms with van der Waals surface area (Å²) in [7, 11) is 0. The fraction of sp³-hybridized carbons (Fsp3) is 0.533. The van der Waals surface area contributed by atoms with Crippen LogP contribution < -0.4 is 10.6 Å². The van der Waals surface area contributed by atoms with Gasteiger partial charge in [-0.15, -0.1) is 0 Å². The van der Waals surface area contributed by atoms with E-state index in [-0.39, 0.29) is 24.1 Å². The summed E-state index contributed by atoms with van der Waals surface area (Å²) >= 11 is 0. The van der Waals surface area contributed by atoms with Gasteiger partial charge in [-0.3, -0.25) is 4.79 Å². The van der Waals surface area contributed by atoms with Crippen molar-refractivity contribution in [1.29, 1.82) is 0 Å². The van der Waals surface area contributed by atoms with Crippen LogP contribution in [0.2, 0.25) is 0 Å². The summed E-state index contributed by atoms with van der Waals surface area (Å²) in [5, 5.41) is 17.4. The molecule has 1 saturated heterocycles. The average Bonchev–Trinajstić information content (AvgIpc) is 3.23. The van der Waals surface area contributed by atoms with Gasteiger partial charge in [-0.1, -0.05) is 5.16 Å². The molecule has 0 aromatic carbocycles. The van der Waals surface area contributed by atoms with Gasteiger partial charge < -0.3 is 20.6 Å². The van der Waals surface area contributed by atoms with E-state index in [4.69, 9.17) is 5.73 Å². The van der Waals surface area contributed by atoms with Gasteiger partial charge in [-0.2, -0.15) is 4.98 Å². The molecule has 1 atom stereocenters. The van der Waals surface area contributed by atoms with Gasteiger partial charge in [0, 0.05) is 31.7 Å². The highest BCUT2D eigenvalue weighted by Crippen LogP contribution is 2.30. The molecule has 132 valence electrons. The topological polar surface area (TPSA) is 134 Å². The van der Waals surface area contributed by atoms with E-state index in [0.29, 0.717) is 19.6 Å². The van der Waals surface area contributed by atoms with Crippen LogP contribution in [0.5, 0.6) is 0 Å². The summed E-state index contributed by atoms with van der Waals surface area (Å²) in [6, 6.07) is 0. The zero-order valence-corrected chi connectivity index (χ0v) is 13.6. The first kappa shape index (κ1) is 15.8. The Morgan fingerprint density at radius 3 is 2.96 bits per heavy atom. The lowest BCUT2D eigenvalue weighted by atomic mass is 10.2. The number of hydrogen-bond donors (Lipinski definition) is 2. The summed E-state index contributed by atoms with van der Waals surface area (Å²) in [6.07, 6.45) is 3.40. The number of rotatable bonds is 2. The zero-order valence-electron chi connectivity index (χ0n) is 13.6. The quantitative estimate of drug-likeness (QED) is 0.721. The van der Waals surface area contributed by atoms with E-state index in [0.717, 1.165) is 36.3 Å². The first-order valence-electron chi connectivity index (χ1n) is 8.27. The lowest BCUT2D eigenvalue weighted by Gasteiger charge is -2.25. The van der Waals surface area contributed by atoms with E-state index >= 15 is 0 Å². The zero-order chi connectivity index (χ0) is 17.4. The minimum Gasteiger partial charge on any atom is -0.389 e. The summed E-state index contributed by atoms with van der Waals surface area (Å²) in [5.41, 5.74) is 8.07. The molecule has 10 nitrogen and oxygen atoms in total. The van der Waals surface area contributed by atoms with Crippen LogP contribution in [0.4, 0.5) is 11.8 Å². The Hall–Kier alpha value is -2.75. The Kier molecular flexibility index (Phi) is 3.96. The Labute approximate surface area is 143 Å². The van der Waals surface area contributed by atoms with Crippen molar-refractivity contribution in [3.63, 3.8) is 0 Å². The predicted octanol–water partition coefficient (Wildman–Crippen LogP) is -0.746. The largest absolute Gasteiger partial charge is 0.389 e. The fourth-order valence-electron chi connectivity index (χ4n) is 3.48. The van der Waals surface area contributed by atoms with E-state index in [9.17, 15) is 9.90 Å². The number of nitrogens with zero attached hydrogens (tertiary/aromatic N) is 6. The van der Waals surface area contributed by atoms with Gasteiger partial charge in [-0.05, 0) is 24.4 Å². The number of nitrogens with two attached hydrogens (primary N) is 1. The van der Waals surface area contributed by atoms with E-state index in [1.807, 2.05) is 4.90 Å². The molecule has 3 N–H and O–H groups in total. The number of aliphatic hydroxyl groups excluding tert-OH is 1. The van der Waals surface area contributed by atoms with Crippen LogP contribution in [0.25, 0.3) is 0 Å².